The molecule has 2 rings (SSSR count). The molecule has 0 saturated heterocycles. The van der Waals surface area contributed by atoms with Gasteiger partial charge in [0.1, 0.15) is 5.57 Å². The van der Waals surface area contributed by atoms with Crippen molar-refractivity contribution in [1.29, 1.82) is 0 Å². The maximum Gasteiger partial charge on any atom is 0.262 e. The van der Waals surface area contributed by atoms with E-state index in [2.05, 4.69) is 15.5 Å². The molecule has 2 aromatic heterocycles. The van der Waals surface area contributed by atoms with Crippen LogP contribution in [-0.4, -0.2) is 21.2 Å². The summed E-state index contributed by atoms with van der Waals surface area (Å²) < 4.78 is 4.92. The summed E-state index contributed by atoms with van der Waals surface area (Å²) in [6.45, 7) is 1.72. The van der Waals surface area contributed by atoms with Crippen LogP contribution in [0.2, 0.25) is 0 Å². The minimum absolute atomic E-state index is 0.000506. The van der Waals surface area contributed by atoms with Crippen molar-refractivity contribution in [1.82, 2.24) is 10.1 Å². The van der Waals surface area contributed by atoms with Crippen molar-refractivity contribution in [3.63, 3.8) is 0 Å². The molecular formula is C12H11N3O3. The van der Waals surface area contributed by atoms with Crippen molar-refractivity contribution < 1.29 is 14.4 Å². The maximum absolute atomic E-state index is 11.9. The molecule has 0 unspecified atom stereocenters. The maximum atomic E-state index is 11.9. The van der Waals surface area contributed by atoms with Crippen molar-refractivity contribution in [2.75, 3.05) is 5.32 Å². The highest BCUT2D eigenvalue weighted by Gasteiger charge is 2.17. The topological polar surface area (TPSA) is 88.2 Å². The summed E-state index contributed by atoms with van der Waals surface area (Å²) in [7, 11) is 0. The van der Waals surface area contributed by atoms with Crippen LogP contribution in [-0.2, 0) is 4.79 Å². The van der Waals surface area contributed by atoms with E-state index in [1.54, 1.807) is 31.3 Å². The quantitative estimate of drug-likeness (QED) is 0.637. The van der Waals surface area contributed by atoms with Crippen LogP contribution in [0.5, 0.6) is 0 Å². The van der Waals surface area contributed by atoms with Gasteiger partial charge in [-0.05, 0) is 19.1 Å². The first-order valence-electron chi connectivity index (χ1n) is 5.20. The molecule has 18 heavy (non-hydrogen) atoms. The van der Waals surface area contributed by atoms with Crippen LogP contribution in [0.15, 0.2) is 41.4 Å². The van der Waals surface area contributed by atoms with Gasteiger partial charge in [0, 0.05) is 12.3 Å². The minimum atomic E-state index is -0.498. The molecule has 6 nitrogen and oxygen atoms in total. The normalized spacial score (nSPS) is 11.3. The molecule has 6 heteroatoms. The van der Waals surface area contributed by atoms with Gasteiger partial charge < -0.3 is 14.9 Å². The Morgan fingerprint density at radius 3 is 2.94 bits per heavy atom. The molecule has 0 fully saturated rings. The first kappa shape index (κ1) is 11.8. The van der Waals surface area contributed by atoms with Gasteiger partial charge in [0.05, 0.1) is 23.8 Å². The number of pyridine rings is 1. The summed E-state index contributed by atoms with van der Waals surface area (Å²) in [4.78, 5) is 15.8. The number of anilines is 1. The van der Waals surface area contributed by atoms with Crippen LogP contribution >= 0.6 is 0 Å². The van der Waals surface area contributed by atoms with Crippen molar-refractivity contribution in [2.45, 2.75) is 6.92 Å². The zero-order valence-corrected chi connectivity index (χ0v) is 9.62. The molecule has 92 valence electrons. The highest BCUT2D eigenvalue weighted by molar-refractivity contribution is 6.24. The number of amides is 1. The third kappa shape index (κ3) is 2.54. The summed E-state index contributed by atoms with van der Waals surface area (Å²) >= 11 is 0. The molecule has 0 atom stereocenters. The Hall–Kier alpha value is -2.63. The molecule has 0 aliphatic rings. The fourth-order valence-corrected chi connectivity index (χ4v) is 1.36. The molecule has 0 spiro atoms. The Bertz CT molecular complexity index is 575. The number of rotatable bonds is 3. The number of aryl methyl sites for hydroxylation is 1. The van der Waals surface area contributed by atoms with Crippen molar-refractivity contribution in [2.24, 2.45) is 0 Å². The van der Waals surface area contributed by atoms with E-state index in [4.69, 9.17) is 9.63 Å². The summed E-state index contributed by atoms with van der Waals surface area (Å²) in [5.74, 6) is -0.293. The summed E-state index contributed by atoms with van der Waals surface area (Å²) in [6, 6.07) is 4.94. The van der Waals surface area contributed by atoms with E-state index in [0.29, 0.717) is 17.6 Å². The van der Waals surface area contributed by atoms with Crippen LogP contribution in [0.1, 0.15) is 11.5 Å². The van der Waals surface area contributed by atoms with Gasteiger partial charge in [-0.3, -0.25) is 9.78 Å². The zero-order chi connectivity index (χ0) is 13.0. The average Bonchev–Trinajstić information content (AvgIpc) is 2.78. The number of aliphatic hydroxyl groups excluding tert-OH is 1. The lowest BCUT2D eigenvalue weighted by Crippen LogP contribution is -2.13. The Balaban J connectivity index is 2.17. The average molecular weight is 245 g/mol. The molecule has 2 aromatic rings. The third-order valence-electron chi connectivity index (χ3n) is 2.19. The van der Waals surface area contributed by atoms with Gasteiger partial charge in [-0.1, -0.05) is 5.16 Å². The molecule has 2 N–H and O–H groups in total. The number of nitrogens with one attached hydrogen (secondary N) is 1. The molecule has 0 aromatic carbocycles. The molecule has 2 heterocycles. The molecule has 0 aliphatic heterocycles. The minimum Gasteiger partial charge on any atom is -0.515 e. The number of hydrogen-bond donors (Lipinski definition) is 2. The second-order valence-corrected chi connectivity index (χ2v) is 3.57. The highest BCUT2D eigenvalue weighted by Crippen LogP contribution is 2.17. The van der Waals surface area contributed by atoms with E-state index in [-0.39, 0.29) is 11.3 Å². The summed E-state index contributed by atoms with van der Waals surface area (Å²) in [6.07, 6.45) is 3.78. The second kappa shape index (κ2) is 5.13. The van der Waals surface area contributed by atoms with Crippen LogP contribution in [0.25, 0.3) is 5.57 Å². The fraction of sp³-hybridized carbons (Fsp3) is 0.0833. The molecular weight excluding hydrogens is 234 g/mol. The number of aliphatic hydroxyl groups is 1. The SMILES string of the molecule is Cc1cc(/C(=C/O)C(=O)Nc2cccnc2)on1. The monoisotopic (exact) mass is 245 g/mol. The molecule has 0 bridgehead atoms. The predicted octanol–water partition coefficient (Wildman–Crippen LogP) is 1.92. The lowest BCUT2D eigenvalue weighted by molar-refractivity contribution is -0.111. The fourth-order valence-electron chi connectivity index (χ4n) is 1.36. The van der Waals surface area contributed by atoms with Crippen molar-refractivity contribution in [3.05, 3.63) is 48.3 Å². The van der Waals surface area contributed by atoms with E-state index in [1.165, 1.54) is 6.20 Å². The van der Waals surface area contributed by atoms with Gasteiger partial charge in [-0.2, -0.15) is 0 Å². The number of aromatic nitrogens is 2. The van der Waals surface area contributed by atoms with Crippen LogP contribution < -0.4 is 5.32 Å². The van der Waals surface area contributed by atoms with E-state index in [9.17, 15) is 4.79 Å². The number of carbonyl (C=O) groups excluding carboxylic acids is 1. The third-order valence-corrected chi connectivity index (χ3v) is 2.19. The van der Waals surface area contributed by atoms with E-state index in [1.807, 2.05) is 0 Å². The predicted molar refractivity (Wildman–Crippen MR) is 64.7 cm³/mol. The van der Waals surface area contributed by atoms with Crippen LogP contribution in [0.4, 0.5) is 5.69 Å². The lowest BCUT2D eigenvalue weighted by Gasteiger charge is -2.04. The lowest BCUT2D eigenvalue weighted by atomic mass is 10.2. The smallest absolute Gasteiger partial charge is 0.262 e. The Labute approximate surface area is 103 Å². The van der Waals surface area contributed by atoms with Gasteiger partial charge >= 0.3 is 0 Å². The molecule has 1 amide bonds. The van der Waals surface area contributed by atoms with Crippen LogP contribution in [0.3, 0.4) is 0 Å². The molecule has 0 radical (unpaired) electrons. The second-order valence-electron chi connectivity index (χ2n) is 3.57. The van der Waals surface area contributed by atoms with Gasteiger partial charge in [-0.25, -0.2) is 0 Å². The summed E-state index contributed by atoms with van der Waals surface area (Å²) in [5.41, 5.74) is 1.15. The zero-order valence-electron chi connectivity index (χ0n) is 9.62. The first-order chi connectivity index (χ1) is 8.70. The molecule has 0 aliphatic carbocycles. The van der Waals surface area contributed by atoms with E-state index >= 15 is 0 Å². The van der Waals surface area contributed by atoms with Crippen molar-refractivity contribution >= 4 is 17.2 Å². The Morgan fingerprint density at radius 2 is 2.39 bits per heavy atom. The highest BCUT2D eigenvalue weighted by atomic mass is 16.5. The number of hydrogen-bond acceptors (Lipinski definition) is 5. The number of carbonyl (C=O) groups is 1. The standard InChI is InChI=1S/C12H11N3O3/c1-8-5-11(18-15-8)10(7-16)12(17)14-9-3-2-4-13-6-9/h2-7,16H,1H3,(H,14,17)/b10-7-. The largest absolute Gasteiger partial charge is 0.515 e. The van der Waals surface area contributed by atoms with Gasteiger partial charge in [0.15, 0.2) is 5.76 Å². The van der Waals surface area contributed by atoms with Crippen molar-refractivity contribution in [3.8, 4) is 0 Å². The van der Waals surface area contributed by atoms with Gasteiger partial charge in [0.2, 0.25) is 0 Å². The van der Waals surface area contributed by atoms with Crippen LogP contribution in [0, 0.1) is 6.92 Å². The number of nitrogens with zero attached hydrogens (tertiary/aromatic N) is 2. The Kier molecular flexibility index (Phi) is 3.38. The first-order valence-corrected chi connectivity index (χ1v) is 5.20. The van der Waals surface area contributed by atoms with E-state index < -0.39 is 5.91 Å². The Morgan fingerprint density at radius 1 is 1.56 bits per heavy atom. The van der Waals surface area contributed by atoms with Gasteiger partial charge in [-0.15, -0.1) is 0 Å². The molecule has 0 saturated carbocycles. The summed E-state index contributed by atoms with van der Waals surface area (Å²) in [5, 5.41) is 15.3. The van der Waals surface area contributed by atoms with Gasteiger partial charge in [0.25, 0.3) is 5.91 Å². The van der Waals surface area contributed by atoms with E-state index in [0.717, 1.165) is 0 Å².